The molecule has 1 saturated carbocycles. The molecule has 0 spiro atoms. The minimum Gasteiger partial charge on any atom is -0.463 e. The van der Waals surface area contributed by atoms with Crippen LogP contribution in [0.3, 0.4) is 0 Å². The van der Waals surface area contributed by atoms with E-state index in [0.717, 1.165) is 43.4 Å². The van der Waals surface area contributed by atoms with Gasteiger partial charge < -0.3 is 15.0 Å². The van der Waals surface area contributed by atoms with E-state index in [1.165, 1.54) is 5.56 Å². The van der Waals surface area contributed by atoms with Crippen LogP contribution in [0.2, 0.25) is 0 Å². The van der Waals surface area contributed by atoms with Gasteiger partial charge in [-0.1, -0.05) is 29.4 Å². The SMILES string of the molecule is Cc1nc(N)c2c(n1)OC(C)(C)C(c1ccc(C3CCC(CCc4noc(C(F)(F)F)n4)CC3)cc1)=N2. The van der Waals surface area contributed by atoms with Crippen LogP contribution >= 0.6 is 0 Å². The summed E-state index contributed by atoms with van der Waals surface area (Å²) in [6.07, 6.45) is 0.628. The first-order valence-corrected chi connectivity index (χ1v) is 12.4. The molecule has 37 heavy (non-hydrogen) atoms. The highest BCUT2D eigenvalue weighted by molar-refractivity contribution is 6.09. The molecule has 3 heterocycles. The second-order valence-corrected chi connectivity index (χ2v) is 10.3. The van der Waals surface area contributed by atoms with E-state index in [1.54, 1.807) is 6.92 Å². The van der Waals surface area contributed by atoms with Crippen LogP contribution in [0.25, 0.3) is 0 Å². The summed E-state index contributed by atoms with van der Waals surface area (Å²) in [7, 11) is 0. The molecule has 0 radical (unpaired) electrons. The number of nitrogens with zero attached hydrogens (tertiary/aromatic N) is 5. The number of fused-ring (bicyclic) bond motifs is 1. The number of benzene rings is 1. The number of halogens is 3. The molecular weight excluding hydrogens is 485 g/mol. The number of alkyl halides is 3. The lowest BCUT2D eigenvalue weighted by molar-refractivity contribution is -0.159. The molecule has 2 N–H and O–H groups in total. The average Bonchev–Trinajstić information content (AvgIpc) is 3.32. The Balaban J connectivity index is 1.21. The normalized spacial score (nSPS) is 21.2. The average molecular weight is 515 g/mol. The Bertz CT molecular complexity index is 1310. The van der Waals surface area contributed by atoms with E-state index in [4.69, 9.17) is 15.5 Å². The number of anilines is 1. The second kappa shape index (κ2) is 9.42. The second-order valence-electron chi connectivity index (χ2n) is 10.3. The zero-order valence-electron chi connectivity index (χ0n) is 21.0. The van der Waals surface area contributed by atoms with Crippen LogP contribution in [-0.2, 0) is 12.6 Å². The number of aromatic nitrogens is 4. The maximum absolute atomic E-state index is 12.6. The van der Waals surface area contributed by atoms with E-state index in [9.17, 15) is 13.2 Å². The molecule has 0 saturated heterocycles. The van der Waals surface area contributed by atoms with Crippen molar-refractivity contribution < 1.29 is 22.4 Å². The Labute approximate surface area is 212 Å². The first-order chi connectivity index (χ1) is 17.5. The van der Waals surface area contributed by atoms with E-state index in [1.807, 2.05) is 13.8 Å². The van der Waals surface area contributed by atoms with E-state index < -0.39 is 17.7 Å². The van der Waals surface area contributed by atoms with Crippen molar-refractivity contribution in [3.05, 3.63) is 52.9 Å². The lowest BCUT2D eigenvalue weighted by Gasteiger charge is -2.32. The first kappa shape index (κ1) is 25.2. The minimum atomic E-state index is -4.60. The van der Waals surface area contributed by atoms with Crippen LogP contribution < -0.4 is 10.5 Å². The molecule has 0 amide bonds. The fraction of sp³-hybridized carbons (Fsp3) is 0.500. The van der Waals surface area contributed by atoms with Gasteiger partial charge in [-0.15, -0.1) is 0 Å². The molecule has 196 valence electrons. The number of aliphatic imine (C=N–C) groups is 1. The highest BCUT2D eigenvalue weighted by atomic mass is 19.4. The smallest absolute Gasteiger partial charge is 0.463 e. The van der Waals surface area contributed by atoms with Crippen molar-refractivity contribution in [1.29, 1.82) is 0 Å². The third-order valence-electron chi connectivity index (χ3n) is 7.13. The molecule has 3 aromatic rings. The van der Waals surface area contributed by atoms with Gasteiger partial charge in [-0.05, 0) is 70.3 Å². The van der Waals surface area contributed by atoms with Crippen LogP contribution in [0.5, 0.6) is 5.88 Å². The van der Waals surface area contributed by atoms with Crippen LogP contribution in [0.15, 0.2) is 33.8 Å². The Hall–Kier alpha value is -3.50. The molecule has 1 aliphatic carbocycles. The Morgan fingerprint density at radius 1 is 1.03 bits per heavy atom. The molecule has 1 fully saturated rings. The maximum Gasteiger partial charge on any atom is 0.471 e. The summed E-state index contributed by atoms with van der Waals surface area (Å²) in [5.41, 5.74) is 8.84. The van der Waals surface area contributed by atoms with Gasteiger partial charge >= 0.3 is 12.1 Å². The van der Waals surface area contributed by atoms with Crippen molar-refractivity contribution in [2.45, 2.75) is 77.0 Å². The Kier molecular flexibility index (Phi) is 6.41. The monoisotopic (exact) mass is 514 g/mol. The topological polar surface area (TPSA) is 112 Å². The molecule has 0 unspecified atom stereocenters. The largest absolute Gasteiger partial charge is 0.471 e. The van der Waals surface area contributed by atoms with Gasteiger partial charge in [-0.3, -0.25) is 0 Å². The summed E-state index contributed by atoms with van der Waals surface area (Å²) in [6, 6.07) is 8.41. The molecule has 8 nitrogen and oxygen atoms in total. The third-order valence-corrected chi connectivity index (χ3v) is 7.13. The predicted octanol–water partition coefficient (Wildman–Crippen LogP) is 5.97. The van der Waals surface area contributed by atoms with Crippen molar-refractivity contribution in [1.82, 2.24) is 20.1 Å². The molecule has 2 aromatic heterocycles. The number of hydrogen-bond acceptors (Lipinski definition) is 8. The van der Waals surface area contributed by atoms with Crippen LogP contribution in [0.4, 0.5) is 24.7 Å². The van der Waals surface area contributed by atoms with Crippen LogP contribution in [0, 0.1) is 12.8 Å². The summed E-state index contributed by atoms with van der Waals surface area (Å²) in [6.45, 7) is 5.67. The lowest BCUT2D eigenvalue weighted by Crippen LogP contribution is -2.41. The standard InChI is InChI=1S/C26H29F3N6O2/c1-14-31-22(30)20-23(32-14)36-25(2,3)21(34-20)18-11-9-17(10-12-18)16-7-4-15(5-8-16)6-13-19-33-24(37-35-19)26(27,28)29/h9-12,15-16H,4-8,13H2,1-3H3,(H2,30,31,32). The predicted molar refractivity (Wildman–Crippen MR) is 131 cm³/mol. The van der Waals surface area contributed by atoms with E-state index in [0.29, 0.717) is 41.5 Å². The fourth-order valence-corrected chi connectivity index (χ4v) is 5.19. The van der Waals surface area contributed by atoms with Gasteiger partial charge in [0.2, 0.25) is 5.88 Å². The number of rotatable bonds is 5. The Morgan fingerprint density at radius 2 is 1.73 bits per heavy atom. The quantitative estimate of drug-likeness (QED) is 0.446. The summed E-state index contributed by atoms with van der Waals surface area (Å²) in [4.78, 5) is 16.8. The number of nitrogen functional groups attached to an aromatic ring is 1. The molecule has 0 bridgehead atoms. The fourth-order valence-electron chi connectivity index (χ4n) is 5.19. The number of aryl methyl sites for hydroxylation is 2. The van der Waals surface area contributed by atoms with Crippen molar-refractivity contribution in [2.24, 2.45) is 10.9 Å². The van der Waals surface area contributed by atoms with Gasteiger partial charge in [-0.2, -0.15) is 23.1 Å². The zero-order chi connectivity index (χ0) is 26.4. The van der Waals surface area contributed by atoms with Gasteiger partial charge in [0.25, 0.3) is 0 Å². The molecule has 5 rings (SSSR count). The van der Waals surface area contributed by atoms with E-state index in [2.05, 4.69) is 48.9 Å². The number of ether oxygens (including phenoxy) is 1. The molecule has 11 heteroatoms. The third kappa shape index (κ3) is 5.30. The molecular formula is C26H29F3N6O2. The van der Waals surface area contributed by atoms with Crippen molar-refractivity contribution in [3.8, 4) is 5.88 Å². The van der Waals surface area contributed by atoms with Crippen molar-refractivity contribution in [2.75, 3.05) is 5.73 Å². The van der Waals surface area contributed by atoms with Crippen molar-refractivity contribution in [3.63, 3.8) is 0 Å². The van der Waals surface area contributed by atoms with Crippen LogP contribution in [0.1, 0.15) is 80.5 Å². The van der Waals surface area contributed by atoms with E-state index in [-0.39, 0.29) is 5.82 Å². The number of nitrogens with two attached hydrogens (primary N) is 1. The summed E-state index contributed by atoms with van der Waals surface area (Å²) < 4.78 is 48.4. The minimum absolute atomic E-state index is 0.119. The Morgan fingerprint density at radius 3 is 2.38 bits per heavy atom. The van der Waals surface area contributed by atoms with Gasteiger partial charge in [0.1, 0.15) is 11.4 Å². The molecule has 0 atom stereocenters. The zero-order valence-corrected chi connectivity index (χ0v) is 21.0. The van der Waals surface area contributed by atoms with Gasteiger partial charge in [0.05, 0.1) is 5.71 Å². The lowest BCUT2D eigenvalue weighted by atomic mass is 9.77. The molecule has 2 aliphatic rings. The molecule has 1 aliphatic heterocycles. The van der Waals surface area contributed by atoms with Crippen molar-refractivity contribution >= 4 is 17.2 Å². The summed E-state index contributed by atoms with van der Waals surface area (Å²) in [5, 5.41) is 3.47. The summed E-state index contributed by atoms with van der Waals surface area (Å²) in [5.74, 6) is 0.951. The highest BCUT2D eigenvalue weighted by Crippen LogP contribution is 2.41. The van der Waals surface area contributed by atoms with Gasteiger partial charge in [0, 0.05) is 12.0 Å². The molecule has 1 aromatic carbocycles. The van der Waals surface area contributed by atoms with E-state index >= 15 is 0 Å². The highest BCUT2D eigenvalue weighted by Gasteiger charge is 2.38. The van der Waals surface area contributed by atoms with Crippen LogP contribution in [-0.4, -0.2) is 31.4 Å². The number of hydrogen-bond donors (Lipinski definition) is 1. The maximum atomic E-state index is 12.6. The van der Waals surface area contributed by atoms with Gasteiger partial charge in [-0.25, -0.2) is 9.98 Å². The first-order valence-electron chi connectivity index (χ1n) is 12.4. The summed E-state index contributed by atoms with van der Waals surface area (Å²) >= 11 is 0. The van der Waals surface area contributed by atoms with Gasteiger partial charge in [0.15, 0.2) is 17.3 Å².